The first kappa shape index (κ1) is 18.5. The highest BCUT2D eigenvalue weighted by atomic mass is 19.3. The van der Waals surface area contributed by atoms with Crippen LogP contribution >= 0.6 is 0 Å². The van der Waals surface area contributed by atoms with Gasteiger partial charge in [-0.15, -0.1) is 0 Å². The predicted molar refractivity (Wildman–Crippen MR) is 106 cm³/mol. The van der Waals surface area contributed by atoms with Crippen LogP contribution in [0.3, 0.4) is 0 Å². The number of hydrogen-bond donors (Lipinski definition) is 1. The molecule has 0 amide bonds. The number of nitrogens with one attached hydrogen (secondary N) is 1. The summed E-state index contributed by atoms with van der Waals surface area (Å²) in [6.45, 7) is 3.19. The zero-order chi connectivity index (χ0) is 19.6. The third-order valence-electron chi connectivity index (χ3n) is 4.90. The Morgan fingerprint density at radius 1 is 1.18 bits per heavy atom. The molecule has 1 aliphatic heterocycles. The Hall–Kier alpha value is -2.87. The van der Waals surface area contributed by atoms with Crippen LogP contribution in [0.15, 0.2) is 53.8 Å². The molecule has 0 bridgehead atoms. The average Bonchev–Trinajstić information content (AvgIpc) is 3.24. The van der Waals surface area contributed by atoms with E-state index >= 15 is 0 Å². The summed E-state index contributed by atoms with van der Waals surface area (Å²) < 4.78 is 28.9. The maximum atomic E-state index is 13.5. The first-order chi connectivity index (χ1) is 13.5. The van der Waals surface area contributed by atoms with E-state index in [1.807, 2.05) is 54.0 Å². The molecular formula is C20H22F2N6. The zero-order valence-electron chi connectivity index (χ0n) is 15.6. The molecular weight excluding hydrogens is 362 g/mol. The van der Waals surface area contributed by atoms with Crippen LogP contribution in [-0.2, 0) is 6.54 Å². The topological polar surface area (TPSA) is 58.3 Å². The molecule has 3 aromatic rings. The molecule has 0 atom stereocenters. The van der Waals surface area contributed by atoms with E-state index in [9.17, 15) is 8.78 Å². The maximum Gasteiger partial charge on any atom is 0.261 e. The number of alkyl halides is 2. The largest absolute Gasteiger partial charge is 0.308 e. The van der Waals surface area contributed by atoms with Crippen molar-refractivity contribution in [3.63, 3.8) is 0 Å². The van der Waals surface area contributed by atoms with Crippen molar-refractivity contribution in [1.29, 1.82) is 0 Å². The Kier molecular flexibility index (Phi) is 5.04. The number of benzene rings is 1. The Morgan fingerprint density at radius 3 is 2.75 bits per heavy atom. The summed E-state index contributed by atoms with van der Waals surface area (Å²) in [4.78, 5) is 10.7. The number of halogens is 2. The number of hydrogen-bond acceptors (Lipinski definition) is 5. The van der Waals surface area contributed by atoms with Crippen LogP contribution in [0.1, 0.15) is 19.0 Å². The fourth-order valence-corrected chi connectivity index (χ4v) is 3.39. The van der Waals surface area contributed by atoms with Crippen molar-refractivity contribution in [3.05, 3.63) is 54.4 Å². The van der Waals surface area contributed by atoms with E-state index in [2.05, 4.69) is 20.5 Å². The average molecular weight is 384 g/mol. The number of anilines is 1. The lowest BCUT2D eigenvalue weighted by atomic mass is 10.3. The highest BCUT2D eigenvalue weighted by molar-refractivity contribution is 5.97. The molecule has 0 spiro atoms. The maximum absolute atomic E-state index is 13.5. The number of pyridine rings is 1. The molecule has 0 radical (unpaired) electrons. The number of para-hydroxylation sites is 2. The number of rotatable bonds is 6. The molecule has 1 aromatic carbocycles. The molecule has 1 aliphatic rings. The first-order valence-electron chi connectivity index (χ1n) is 9.29. The Bertz CT molecular complexity index is 983. The van der Waals surface area contributed by atoms with Crippen LogP contribution in [-0.4, -0.2) is 50.7 Å². The van der Waals surface area contributed by atoms with E-state index in [-0.39, 0.29) is 13.0 Å². The fraction of sp³-hybridized carbons (Fsp3) is 0.350. The summed E-state index contributed by atoms with van der Waals surface area (Å²) in [5, 5.41) is 4.41. The monoisotopic (exact) mass is 384 g/mol. The minimum absolute atomic E-state index is 0.0731. The summed E-state index contributed by atoms with van der Waals surface area (Å²) in [6, 6.07) is 13.4. The molecule has 0 saturated carbocycles. The summed E-state index contributed by atoms with van der Waals surface area (Å²) in [5.74, 6) is -2.00. The smallest absolute Gasteiger partial charge is 0.261 e. The van der Waals surface area contributed by atoms with Gasteiger partial charge in [0.2, 0.25) is 5.95 Å². The Labute approximate surface area is 161 Å². The lowest BCUT2D eigenvalue weighted by molar-refractivity contribution is 0.0120. The van der Waals surface area contributed by atoms with Crippen LogP contribution in [0.25, 0.3) is 11.0 Å². The minimum atomic E-state index is -2.58. The molecule has 4 rings (SSSR count). The normalized spacial score (nSPS) is 17.3. The summed E-state index contributed by atoms with van der Waals surface area (Å²) in [7, 11) is 0. The molecule has 1 saturated heterocycles. The van der Waals surface area contributed by atoms with Crippen molar-refractivity contribution in [2.45, 2.75) is 25.8 Å². The number of likely N-dealkylation sites (tertiary alicyclic amines) is 1. The number of fused-ring (bicyclic) bond motifs is 1. The van der Waals surface area contributed by atoms with Gasteiger partial charge in [-0.25, -0.2) is 19.2 Å². The van der Waals surface area contributed by atoms with Crippen molar-refractivity contribution < 1.29 is 8.78 Å². The minimum Gasteiger partial charge on any atom is -0.308 e. The van der Waals surface area contributed by atoms with Crippen LogP contribution in [0.4, 0.5) is 14.7 Å². The zero-order valence-corrected chi connectivity index (χ0v) is 15.6. The number of hydrazone groups is 1. The first-order valence-corrected chi connectivity index (χ1v) is 9.29. The van der Waals surface area contributed by atoms with Gasteiger partial charge in [-0.1, -0.05) is 18.2 Å². The summed E-state index contributed by atoms with van der Waals surface area (Å²) in [5.41, 5.74) is 6.32. The van der Waals surface area contributed by atoms with E-state index in [1.54, 1.807) is 11.1 Å². The van der Waals surface area contributed by atoms with Gasteiger partial charge in [-0.2, -0.15) is 5.10 Å². The molecule has 2 aromatic heterocycles. The molecule has 0 aliphatic carbocycles. The SMILES string of the molecule is C/C(=N\Nc1nc2ccccc2n1CCN1CCC(F)(F)C1)c1ccccn1. The van der Waals surface area contributed by atoms with E-state index in [0.29, 0.717) is 25.6 Å². The van der Waals surface area contributed by atoms with Crippen LogP contribution in [0, 0.1) is 0 Å². The van der Waals surface area contributed by atoms with Crippen LogP contribution in [0.5, 0.6) is 0 Å². The van der Waals surface area contributed by atoms with E-state index in [0.717, 1.165) is 22.4 Å². The van der Waals surface area contributed by atoms with Crippen molar-refractivity contribution in [1.82, 2.24) is 19.4 Å². The van der Waals surface area contributed by atoms with Gasteiger partial charge >= 0.3 is 0 Å². The predicted octanol–water partition coefficient (Wildman–Crippen LogP) is 3.61. The molecule has 3 heterocycles. The van der Waals surface area contributed by atoms with Crippen molar-refractivity contribution >= 4 is 22.7 Å². The summed E-state index contributed by atoms with van der Waals surface area (Å²) in [6.07, 6.45) is 1.64. The van der Waals surface area contributed by atoms with Gasteiger partial charge < -0.3 is 4.57 Å². The summed E-state index contributed by atoms with van der Waals surface area (Å²) >= 11 is 0. The molecule has 0 unspecified atom stereocenters. The van der Waals surface area contributed by atoms with Gasteiger partial charge in [0, 0.05) is 32.3 Å². The van der Waals surface area contributed by atoms with Gasteiger partial charge in [0.1, 0.15) is 0 Å². The van der Waals surface area contributed by atoms with Gasteiger partial charge in [0.15, 0.2) is 0 Å². The highest BCUT2D eigenvalue weighted by Gasteiger charge is 2.37. The van der Waals surface area contributed by atoms with Crippen LogP contribution < -0.4 is 5.43 Å². The second-order valence-corrected chi connectivity index (χ2v) is 6.98. The van der Waals surface area contributed by atoms with Gasteiger partial charge in [-0.3, -0.25) is 9.88 Å². The molecule has 28 heavy (non-hydrogen) atoms. The standard InChI is InChI=1S/C20H22F2N6/c1-15(16-6-4-5-10-23-16)25-26-19-24-17-7-2-3-8-18(17)28(19)13-12-27-11-9-20(21,22)14-27/h2-8,10H,9,11-14H2,1H3,(H,24,26)/b25-15+. The van der Waals surface area contributed by atoms with E-state index < -0.39 is 5.92 Å². The lowest BCUT2D eigenvalue weighted by Crippen LogP contribution is -2.28. The van der Waals surface area contributed by atoms with E-state index in [4.69, 9.17) is 0 Å². The van der Waals surface area contributed by atoms with Gasteiger partial charge in [0.05, 0.1) is 29.0 Å². The molecule has 8 heteroatoms. The lowest BCUT2D eigenvalue weighted by Gasteiger charge is -2.17. The van der Waals surface area contributed by atoms with Crippen molar-refractivity contribution in [2.24, 2.45) is 5.10 Å². The third-order valence-corrected chi connectivity index (χ3v) is 4.90. The molecule has 146 valence electrons. The second kappa shape index (κ2) is 7.63. The Balaban J connectivity index is 1.55. The number of aromatic nitrogens is 3. The van der Waals surface area contributed by atoms with Crippen molar-refractivity contribution in [3.8, 4) is 0 Å². The van der Waals surface area contributed by atoms with Gasteiger partial charge in [-0.05, 0) is 31.2 Å². The highest BCUT2D eigenvalue weighted by Crippen LogP contribution is 2.27. The quantitative estimate of drug-likeness (QED) is 0.521. The van der Waals surface area contributed by atoms with Gasteiger partial charge in [0.25, 0.3) is 5.92 Å². The molecule has 6 nitrogen and oxygen atoms in total. The third kappa shape index (κ3) is 4.01. The van der Waals surface area contributed by atoms with Crippen molar-refractivity contribution in [2.75, 3.05) is 25.1 Å². The number of imidazole rings is 1. The molecule has 1 N–H and O–H groups in total. The van der Waals surface area contributed by atoms with E-state index in [1.165, 1.54) is 0 Å². The fourth-order valence-electron chi connectivity index (χ4n) is 3.39. The number of nitrogens with zero attached hydrogens (tertiary/aromatic N) is 5. The Morgan fingerprint density at radius 2 is 2.00 bits per heavy atom. The second-order valence-electron chi connectivity index (χ2n) is 6.98. The molecule has 1 fully saturated rings. The van der Waals surface area contributed by atoms with Crippen LogP contribution in [0.2, 0.25) is 0 Å².